The van der Waals surface area contributed by atoms with Crippen molar-refractivity contribution in [2.75, 3.05) is 10.5 Å². The molecule has 17 heavy (non-hydrogen) atoms. The molecule has 0 atom stereocenters. The minimum atomic E-state index is -3.78. The number of carbonyl (C=O) groups is 2. The van der Waals surface area contributed by atoms with Crippen LogP contribution in [0.3, 0.4) is 0 Å². The molecule has 0 saturated heterocycles. The van der Waals surface area contributed by atoms with Gasteiger partial charge in [-0.05, 0) is 11.4 Å². The summed E-state index contributed by atoms with van der Waals surface area (Å²) in [6.07, 6.45) is -0.507. The monoisotopic (exact) mass is 278 g/mol. The Morgan fingerprint density at radius 2 is 2.12 bits per heavy atom. The number of primary amides is 1. The van der Waals surface area contributed by atoms with E-state index in [0.29, 0.717) is 0 Å². The predicted octanol–water partition coefficient (Wildman–Crippen LogP) is 0.0634. The first-order valence-corrected chi connectivity index (χ1v) is 6.94. The SMILES string of the molecule is NC(=O)c1ccsc1NS(=O)(=O)CCC(=O)O. The molecule has 0 bridgehead atoms. The zero-order valence-electron chi connectivity index (χ0n) is 8.54. The van der Waals surface area contributed by atoms with Gasteiger partial charge in [0.15, 0.2) is 0 Å². The van der Waals surface area contributed by atoms with Crippen molar-refractivity contribution in [3.8, 4) is 0 Å². The van der Waals surface area contributed by atoms with Crippen LogP contribution in [0.1, 0.15) is 16.8 Å². The van der Waals surface area contributed by atoms with Gasteiger partial charge in [0.05, 0.1) is 17.7 Å². The predicted molar refractivity (Wildman–Crippen MR) is 62.5 cm³/mol. The van der Waals surface area contributed by atoms with Crippen molar-refractivity contribution in [3.05, 3.63) is 17.0 Å². The third kappa shape index (κ3) is 4.04. The molecule has 0 saturated carbocycles. The van der Waals surface area contributed by atoms with Crippen molar-refractivity contribution < 1.29 is 23.1 Å². The number of hydrogen-bond donors (Lipinski definition) is 3. The summed E-state index contributed by atoms with van der Waals surface area (Å²) in [5.74, 6) is -2.52. The van der Waals surface area contributed by atoms with Crippen LogP contribution in [0.15, 0.2) is 11.4 Å². The normalized spacial score (nSPS) is 11.1. The quantitative estimate of drug-likeness (QED) is 0.678. The topological polar surface area (TPSA) is 127 Å². The lowest BCUT2D eigenvalue weighted by atomic mass is 10.3. The highest BCUT2D eigenvalue weighted by molar-refractivity contribution is 7.92. The van der Waals surface area contributed by atoms with Crippen molar-refractivity contribution in [2.45, 2.75) is 6.42 Å². The van der Waals surface area contributed by atoms with Crippen molar-refractivity contribution in [3.63, 3.8) is 0 Å². The van der Waals surface area contributed by atoms with E-state index in [1.165, 1.54) is 11.4 Å². The number of sulfonamides is 1. The fourth-order valence-electron chi connectivity index (χ4n) is 0.996. The van der Waals surface area contributed by atoms with Crippen molar-refractivity contribution in [1.29, 1.82) is 0 Å². The molecule has 0 radical (unpaired) electrons. The van der Waals surface area contributed by atoms with Gasteiger partial charge in [-0.2, -0.15) is 0 Å². The summed E-state index contributed by atoms with van der Waals surface area (Å²) in [7, 11) is -3.78. The van der Waals surface area contributed by atoms with E-state index in [0.717, 1.165) is 11.3 Å². The molecule has 1 aromatic rings. The highest BCUT2D eigenvalue weighted by Crippen LogP contribution is 2.23. The largest absolute Gasteiger partial charge is 0.481 e. The summed E-state index contributed by atoms with van der Waals surface area (Å²) >= 11 is 1.00. The summed E-state index contributed by atoms with van der Waals surface area (Å²) in [5.41, 5.74) is 5.10. The molecule has 0 aromatic carbocycles. The van der Waals surface area contributed by atoms with Gasteiger partial charge in [-0.1, -0.05) is 0 Å². The molecule has 1 aromatic heterocycles. The van der Waals surface area contributed by atoms with E-state index in [2.05, 4.69) is 4.72 Å². The van der Waals surface area contributed by atoms with Gasteiger partial charge in [0.1, 0.15) is 5.00 Å². The van der Waals surface area contributed by atoms with Crippen LogP contribution in [0, 0.1) is 0 Å². The van der Waals surface area contributed by atoms with Crippen LogP contribution in [-0.4, -0.2) is 31.2 Å². The molecule has 4 N–H and O–H groups in total. The van der Waals surface area contributed by atoms with Gasteiger partial charge >= 0.3 is 5.97 Å². The van der Waals surface area contributed by atoms with Gasteiger partial charge in [-0.3, -0.25) is 14.3 Å². The van der Waals surface area contributed by atoms with E-state index in [1.807, 2.05) is 0 Å². The van der Waals surface area contributed by atoms with E-state index >= 15 is 0 Å². The smallest absolute Gasteiger partial charge is 0.304 e. The van der Waals surface area contributed by atoms with Crippen LogP contribution < -0.4 is 10.5 Å². The second-order valence-electron chi connectivity index (χ2n) is 3.09. The average Bonchev–Trinajstić information content (AvgIpc) is 2.62. The number of hydrogen-bond acceptors (Lipinski definition) is 5. The Morgan fingerprint density at radius 3 is 2.65 bits per heavy atom. The summed E-state index contributed by atoms with van der Waals surface area (Å²) in [4.78, 5) is 21.2. The maximum Gasteiger partial charge on any atom is 0.304 e. The standard InChI is InChI=1S/C8H10N2O5S2/c9-7(13)5-1-3-16-8(5)10-17(14,15)4-2-6(11)12/h1,3,10H,2,4H2,(H2,9,13)(H,11,12). The number of carbonyl (C=O) groups excluding carboxylic acids is 1. The van der Waals surface area contributed by atoms with E-state index in [1.54, 1.807) is 0 Å². The Balaban J connectivity index is 2.80. The third-order valence-electron chi connectivity index (χ3n) is 1.76. The average molecular weight is 278 g/mol. The Labute approximate surface area is 101 Å². The van der Waals surface area contributed by atoms with E-state index in [4.69, 9.17) is 10.8 Å². The van der Waals surface area contributed by atoms with Gasteiger partial charge in [-0.15, -0.1) is 11.3 Å². The van der Waals surface area contributed by atoms with Gasteiger partial charge in [0.2, 0.25) is 10.0 Å². The Kier molecular flexibility index (Phi) is 4.07. The van der Waals surface area contributed by atoms with Gasteiger partial charge in [0.25, 0.3) is 5.91 Å². The Bertz CT molecular complexity index is 534. The summed E-state index contributed by atoms with van der Waals surface area (Å²) < 4.78 is 25.0. The zero-order valence-corrected chi connectivity index (χ0v) is 10.2. The number of carboxylic acid groups (broad SMARTS) is 1. The number of anilines is 1. The fourth-order valence-corrected chi connectivity index (χ4v) is 3.14. The number of aliphatic carboxylic acids is 1. The van der Waals surface area contributed by atoms with Crippen LogP contribution in [0.2, 0.25) is 0 Å². The summed E-state index contributed by atoms with van der Waals surface area (Å²) in [6, 6.07) is 1.39. The Morgan fingerprint density at radius 1 is 1.47 bits per heavy atom. The maximum absolute atomic E-state index is 11.5. The first-order chi connectivity index (χ1) is 7.82. The lowest BCUT2D eigenvalue weighted by Crippen LogP contribution is -2.20. The molecule has 0 aliphatic rings. The molecule has 94 valence electrons. The van der Waals surface area contributed by atoms with Crippen LogP contribution in [0.5, 0.6) is 0 Å². The van der Waals surface area contributed by atoms with Gasteiger partial charge in [-0.25, -0.2) is 8.42 Å². The first-order valence-electron chi connectivity index (χ1n) is 4.41. The maximum atomic E-state index is 11.5. The summed E-state index contributed by atoms with van der Waals surface area (Å²) in [6.45, 7) is 0. The minimum absolute atomic E-state index is 0.0638. The van der Waals surface area contributed by atoms with E-state index < -0.39 is 34.1 Å². The zero-order chi connectivity index (χ0) is 13.1. The molecule has 9 heteroatoms. The second kappa shape index (κ2) is 5.15. The van der Waals surface area contributed by atoms with Crippen LogP contribution in [0.25, 0.3) is 0 Å². The number of rotatable bonds is 6. The summed E-state index contributed by atoms with van der Waals surface area (Å²) in [5, 5.41) is 9.99. The van der Waals surface area contributed by atoms with Crippen LogP contribution in [0.4, 0.5) is 5.00 Å². The van der Waals surface area contributed by atoms with E-state index in [9.17, 15) is 18.0 Å². The molecule has 7 nitrogen and oxygen atoms in total. The molecule has 0 aliphatic carbocycles. The molecular formula is C8H10N2O5S2. The molecule has 0 spiro atoms. The molecule has 1 amide bonds. The van der Waals surface area contributed by atoms with E-state index in [-0.39, 0.29) is 10.6 Å². The number of nitrogens with two attached hydrogens (primary N) is 1. The molecule has 1 rings (SSSR count). The van der Waals surface area contributed by atoms with Gasteiger partial charge < -0.3 is 10.8 Å². The van der Waals surface area contributed by atoms with Crippen molar-refractivity contribution >= 4 is 38.2 Å². The number of thiophene rings is 1. The first kappa shape index (κ1) is 13.5. The molecule has 1 heterocycles. The number of carboxylic acids is 1. The lowest BCUT2D eigenvalue weighted by molar-refractivity contribution is -0.136. The fraction of sp³-hybridized carbons (Fsp3) is 0.250. The second-order valence-corrected chi connectivity index (χ2v) is 5.85. The highest BCUT2D eigenvalue weighted by atomic mass is 32.2. The third-order valence-corrected chi connectivity index (χ3v) is 3.98. The van der Waals surface area contributed by atoms with Crippen LogP contribution >= 0.6 is 11.3 Å². The van der Waals surface area contributed by atoms with Crippen molar-refractivity contribution in [2.24, 2.45) is 5.73 Å². The molecule has 0 fully saturated rings. The molecular weight excluding hydrogens is 268 g/mol. The highest BCUT2D eigenvalue weighted by Gasteiger charge is 2.17. The van der Waals surface area contributed by atoms with Crippen molar-refractivity contribution in [1.82, 2.24) is 0 Å². The number of amides is 1. The number of nitrogens with one attached hydrogen (secondary N) is 1. The molecule has 0 aliphatic heterocycles. The minimum Gasteiger partial charge on any atom is -0.481 e. The van der Waals surface area contributed by atoms with Gasteiger partial charge in [0, 0.05) is 0 Å². The Hall–Kier alpha value is -1.61. The van der Waals surface area contributed by atoms with Crippen LogP contribution in [-0.2, 0) is 14.8 Å². The molecule has 0 unspecified atom stereocenters. The lowest BCUT2D eigenvalue weighted by Gasteiger charge is -2.05.